The highest BCUT2D eigenvalue weighted by Crippen LogP contribution is 2.09. The van der Waals surface area contributed by atoms with Crippen molar-refractivity contribution < 1.29 is 5.11 Å². The third kappa shape index (κ3) is 8.46. The highest BCUT2D eigenvalue weighted by Gasteiger charge is 2.01. The average Bonchev–Trinajstić information content (AvgIpc) is 2.44. The zero-order valence-electron chi connectivity index (χ0n) is 12.1. The van der Waals surface area contributed by atoms with Crippen molar-refractivity contribution in [3.05, 3.63) is 35.9 Å². The first-order chi connectivity index (χ1) is 9.33. The Morgan fingerprint density at radius 2 is 1.68 bits per heavy atom. The van der Waals surface area contributed by atoms with Gasteiger partial charge < -0.3 is 5.11 Å². The molecular formula is C18H26O. The first-order valence-corrected chi connectivity index (χ1v) is 7.55. The maximum atomic E-state index is 9.83. The van der Waals surface area contributed by atoms with Gasteiger partial charge in [0.15, 0.2) is 0 Å². The summed E-state index contributed by atoms with van der Waals surface area (Å²) in [5.74, 6) is 6.15. The molecule has 1 aromatic carbocycles. The lowest BCUT2D eigenvalue weighted by Crippen LogP contribution is -2.04. The van der Waals surface area contributed by atoms with Crippen LogP contribution in [0.4, 0.5) is 0 Å². The molecule has 0 aromatic heterocycles. The molecule has 0 bridgehead atoms. The van der Waals surface area contributed by atoms with Crippen LogP contribution in [0.2, 0.25) is 0 Å². The lowest BCUT2D eigenvalue weighted by atomic mass is 10.1. The Bertz CT molecular complexity index is 372. The van der Waals surface area contributed by atoms with Crippen LogP contribution in [0.5, 0.6) is 0 Å². The molecule has 0 amide bonds. The van der Waals surface area contributed by atoms with Crippen LogP contribution in [0.3, 0.4) is 0 Å². The van der Waals surface area contributed by atoms with Gasteiger partial charge in [-0.2, -0.15) is 0 Å². The molecule has 0 aliphatic rings. The largest absolute Gasteiger partial charge is 0.392 e. The van der Waals surface area contributed by atoms with E-state index in [9.17, 15) is 5.11 Å². The molecule has 1 atom stereocenters. The van der Waals surface area contributed by atoms with Gasteiger partial charge >= 0.3 is 0 Å². The van der Waals surface area contributed by atoms with Gasteiger partial charge in [-0.05, 0) is 18.6 Å². The number of hydrogen-bond acceptors (Lipinski definition) is 1. The topological polar surface area (TPSA) is 20.2 Å². The van der Waals surface area contributed by atoms with Gasteiger partial charge in [-0.15, -0.1) is 0 Å². The van der Waals surface area contributed by atoms with E-state index in [1.54, 1.807) is 0 Å². The SMILES string of the molecule is CCCCCCCCC(O)CC#Cc1ccccc1. The van der Waals surface area contributed by atoms with Gasteiger partial charge in [-0.1, -0.05) is 75.5 Å². The molecule has 0 saturated carbocycles. The highest BCUT2D eigenvalue weighted by atomic mass is 16.3. The lowest BCUT2D eigenvalue weighted by Gasteiger charge is -2.06. The zero-order valence-corrected chi connectivity index (χ0v) is 12.1. The minimum atomic E-state index is -0.262. The summed E-state index contributed by atoms with van der Waals surface area (Å²) in [6, 6.07) is 9.94. The Morgan fingerprint density at radius 1 is 1.00 bits per heavy atom. The molecule has 1 unspecified atom stereocenters. The van der Waals surface area contributed by atoms with E-state index in [-0.39, 0.29) is 6.10 Å². The normalized spacial score (nSPS) is 11.7. The van der Waals surface area contributed by atoms with Gasteiger partial charge in [-0.3, -0.25) is 0 Å². The van der Waals surface area contributed by atoms with E-state index in [2.05, 4.69) is 18.8 Å². The Kier molecular flexibility index (Phi) is 8.85. The molecule has 0 spiro atoms. The van der Waals surface area contributed by atoms with Crippen LogP contribution in [-0.4, -0.2) is 11.2 Å². The number of unbranched alkanes of at least 4 members (excludes halogenated alkanes) is 5. The van der Waals surface area contributed by atoms with Crippen molar-refractivity contribution in [3.63, 3.8) is 0 Å². The average molecular weight is 258 g/mol. The van der Waals surface area contributed by atoms with Crippen LogP contribution < -0.4 is 0 Å². The Morgan fingerprint density at radius 3 is 2.42 bits per heavy atom. The van der Waals surface area contributed by atoms with Crippen LogP contribution in [0.15, 0.2) is 30.3 Å². The first-order valence-electron chi connectivity index (χ1n) is 7.55. The fourth-order valence-corrected chi connectivity index (χ4v) is 2.05. The molecule has 0 aliphatic heterocycles. The summed E-state index contributed by atoms with van der Waals surface area (Å²) < 4.78 is 0. The van der Waals surface area contributed by atoms with Crippen LogP contribution >= 0.6 is 0 Å². The van der Waals surface area contributed by atoms with E-state index < -0.39 is 0 Å². The van der Waals surface area contributed by atoms with E-state index in [1.807, 2.05) is 30.3 Å². The van der Waals surface area contributed by atoms with Crippen molar-refractivity contribution in [2.75, 3.05) is 0 Å². The third-order valence-electron chi connectivity index (χ3n) is 3.24. The molecule has 104 valence electrons. The van der Waals surface area contributed by atoms with Crippen molar-refractivity contribution in [2.45, 2.75) is 64.4 Å². The second-order valence-electron chi connectivity index (χ2n) is 5.08. The summed E-state index contributed by atoms with van der Waals surface area (Å²) in [5.41, 5.74) is 1.02. The van der Waals surface area contributed by atoms with Crippen LogP contribution in [-0.2, 0) is 0 Å². The van der Waals surface area contributed by atoms with Crippen molar-refractivity contribution in [1.29, 1.82) is 0 Å². The van der Waals surface area contributed by atoms with E-state index in [1.165, 1.54) is 32.1 Å². The molecule has 0 heterocycles. The fourth-order valence-electron chi connectivity index (χ4n) is 2.05. The molecule has 0 fully saturated rings. The Labute approximate surface area is 118 Å². The Hall–Kier alpha value is -1.26. The van der Waals surface area contributed by atoms with Crippen molar-refractivity contribution in [3.8, 4) is 11.8 Å². The molecule has 0 saturated heterocycles. The minimum absolute atomic E-state index is 0.262. The second kappa shape index (κ2) is 10.6. The van der Waals surface area contributed by atoms with Gasteiger partial charge in [0.1, 0.15) is 0 Å². The van der Waals surface area contributed by atoms with Crippen LogP contribution in [0.25, 0.3) is 0 Å². The van der Waals surface area contributed by atoms with Gasteiger partial charge in [-0.25, -0.2) is 0 Å². The minimum Gasteiger partial charge on any atom is -0.392 e. The summed E-state index contributed by atoms with van der Waals surface area (Å²) in [7, 11) is 0. The molecular weight excluding hydrogens is 232 g/mol. The summed E-state index contributed by atoms with van der Waals surface area (Å²) >= 11 is 0. The van der Waals surface area contributed by atoms with Crippen molar-refractivity contribution >= 4 is 0 Å². The summed E-state index contributed by atoms with van der Waals surface area (Å²) in [5, 5.41) is 9.83. The van der Waals surface area contributed by atoms with Gasteiger partial charge in [0.25, 0.3) is 0 Å². The molecule has 1 nitrogen and oxygen atoms in total. The van der Waals surface area contributed by atoms with Gasteiger partial charge in [0.2, 0.25) is 0 Å². The van der Waals surface area contributed by atoms with E-state index in [0.29, 0.717) is 6.42 Å². The molecule has 1 rings (SSSR count). The lowest BCUT2D eigenvalue weighted by molar-refractivity contribution is 0.166. The molecule has 1 N–H and O–H groups in total. The summed E-state index contributed by atoms with van der Waals surface area (Å²) in [6.07, 6.45) is 8.84. The van der Waals surface area contributed by atoms with Crippen LogP contribution in [0.1, 0.15) is 63.9 Å². The van der Waals surface area contributed by atoms with Crippen LogP contribution in [0, 0.1) is 11.8 Å². The molecule has 1 aromatic rings. The first kappa shape index (κ1) is 15.8. The molecule has 0 aliphatic carbocycles. The van der Waals surface area contributed by atoms with Crippen molar-refractivity contribution in [2.24, 2.45) is 0 Å². The number of benzene rings is 1. The number of aliphatic hydroxyl groups excluding tert-OH is 1. The smallest absolute Gasteiger partial charge is 0.0649 e. The van der Waals surface area contributed by atoms with E-state index >= 15 is 0 Å². The number of hydrogen-bond donors (Lipinski definition) is 1. The molecule has 1 heteroatoms. The standard InChI is InChI=1S/C18H26O/c1-2-3-4-5-6-10-15-18(19)16-11-14-17-12-8-7-9-13-17/h7-9,12-13,18-19H,2-6,10,15-16H2,1H3. The summed E-state index contributed by atoms with van der Waals surface area (Å²) in [4.78, 5) is 0. The van der Waals surface area contributed by atoms with E-state index in [4.69, 9.17) is 0 Å². The molecule has 0 radical (unpaired) electrons. The second-order valence-corrected chi connectivity index (χ2v) is 5.08. The molecule has 19 heavy (non-hydrogen) atoms. The zero-order chi connectivity index (χ0) is 13.8. The predicted molar refractivity (Wildman–Crippen MR) is 81.9 cm³/mol. The Balaban J connectivity index is 2.08. The third-order valence-corrected chi connectivity index (χ3v) is 3.24. The summed E-state index contributed by atoms with van der Waals surface area (Å²) in [6.45, 7) is 2.23. The predicted octanol–water partition coefficient (Wildman–Crippen LogP) is 4.54. The number of aliphatic hydroxyl groups is 1. The quantitative estimate of drug-likeness (QED) is 0.536. The van der Waals surface area contributed by atoms with Gasteiger partial charge in [0, 0.05) is 12.0 Å². The maximum Gasteiger partial charge on any atom is 0.0649 e. The fraction of sp³-hybridized carbons (Fsp3) is 0.556. The number of rotatable bonds is 8. The maximum absolute atomic E-state index is 9.83. The monoisotopic (exact) mass is 258 g/mol. The van der Waals surface area contributed by atoms with Crippen molar-refractivity contribution in [1.82, 2.24) is 0 Å². The van der Waals surface area contributed by atoms with E-state index in [0.717, 1.165) is 18.4 Å². The van der Waals surface area contributed by atoms with Gasteiger partial charge in [0.05, 0.1) is 6.10 Å². The highest BCUT2D eigenvalue weighted by molar-refractivity contribution is 5.33.